The molecule has 3 aromatic rings. The Morgan fingerprint density at radius 2 is 1.64 bits per heavy atom. The van der Waals surface area contributed by atoms with E-state index in [1.54, 1.807) is 37.3 Å². The smallest absolute Gasteiger partial charge is 0.416 e. The molecule has 0 spiro atoms. The normalized spacial score (nSPS) is 11.6. The molecule has 0 aliphatic rings. The minimum absolute atomic E-state index is 0.162. The average molecular weight is 478 g/mol. The van der Waals surface area contributed by atoms with Gasteiger partial charge in [0, 0.05) is 0 Å². The van der Waals surface area contributed by atoms with Crippen LogP contribution >= 0.6 is 0 Å². The number of carbonyl (C=O) groups excluding carboxylic acids is 1. The maximum Gasteiger partial charge on any atom is 0.416 e. The first kappa shape index (κ1) is 24.1. The predicted octanol–water partition coefficient (Wildman–Crippen LogP) is 4.94. The Hall–Kier alpha value is -3.53. The minimum Gasteiger partial charge on any atom is -0.492 e. The van der Waals surface area contributed by atoms with Crippen LogP contribution in [0.2, 0.25) is 0 Å². The fourth-order valence-corrected chi connectivity index (χ4v) is 4.48. The highest BCUT2D eigenvalue weighted by Gasteiger charge is 2.33. The van der Waals surface area contributed by atoms with Crippen molar-refractivity contribution in [3.05, 3.63) is 84.4 Å². The molecule has 0 aliphatic heterocycles. The molecular weight excluding hydrogens is 457 g/mol. The third-order valence-corrected chi connectivity index (χ3v) is 6.33. The molecule has 0 fully saturated rings. The van der Waals surface area contributed by atoms with Crippen LogP contribution < -0.4 is 14.4 Å². The maximum atomic E-state index is 13.3. The fourth-order valence-electron chi connectivity index (χ4n) is 3.04. The van der Waals surface area contributed by atoms with Gasteiger partial charge in [-0.1, -0.05) is 36.4 Å². The Labute approximate surface area is 189 Å². The molecule has 6 nitrogen and oxygen atoms in total. The lowest BCUT2D eigenvalue weighted by Gasteiger charge is -2.25. The van der Waals surface area contributed by atoms with Crippen molar-refractivity contribution in [2.75, 3.05) is 22.8 Å². The van der Waals surface area contributed by atoms with E-state index in [-0.39, 0.29) is 10.6 Å². The highest BCUT2D eigenvalue weighted by Crippen LogP contribution is 2.33. The number of hydrogen-bond acceptors (Lipinski definition) is 4. The van der Waals surface area contributed by atoms with Crippen LogP contribution in [0, 0.1) is 0 Å². The fraction of sp³-hybridized carbons (Fsp3) is 0.174. The van der Waals surface area contributed by atoms with Crippen LogP contribution in [0.1, 0.15) is 12.5 Å². The monoisotopic (exact) mass is 478 g/mol. The number of hydrogen-bond donors (Lipinski definition) is 1. The van der Waals surface area contributed by atoms with E-state index in [1.165, 1.54) is 30.3 Å². The SMILES string of the molecule is CCOc1ccccc1NC(=O)CN(c1cccc(C(F)(F)F)c1)S(=O)(=O)c1ccccc1. The van der Waals surface area contributed by atoms with E-state index in [0.29, 0.717) is 28.4 Å². The summed E-state index contributed by atoms with van der Waals surface area (Å²) < 4.78 is 72.4. The quantitative estimate of drug-likeness (QED) is 0.498. The second-order valence-corrected chi connectivity index (χ2v) is 8.71. The third-order valence-electron chi connectivity index (χ3n) is 4.54. The average Bonchev–Trinajstić information content (AvgIpc) is 2.79. The molecular formula is C23H21F3N2O4S. The van der Waals surface area contributed by atoms with E-state index < -0.39 is 34.2 Å². The second kappa shape index (κ2) is 9.95. The van der Waals surface area contributed by atoms with Gasteiger partial charge in [-0.3, -0.25) is 9.10 Å². The number of alkyl halides is 3. The Kier molecular flexibility index (Phi) is 7.27. The summed E-state index contributed by atoms with van der Waals surface area (Å²) in [4.78, 5) is 12.7. The van der Waals surface area contributed by atoms with E-state index in [2.05, 4.69) is 5.32 Å². The number of nitrogens with one attached hydrogen (secondary N) is 1. The molecule has 33 heavy (non-hydrogen) atoms. The summed E-state index contributed by atoms with van der Waals surface area (Å²) in [6, 6.07) is 17.6. The summed E-state index contributed by atoms with van der Waals surface area (Å²) in [5.41, 5.74) is -1.01. The van der Waals surface area contributed by atoms with Crippen LogP contribution in [0.5, 0.6) is 5.75 Å². The second-order valence-electron chi connectivity index (χ2n) is 6.85. The lowest BCUT2D eigenvalue weighted by atomic mass is 10.2. The van der Waals surface area contributed by atoms with Crippen molar-refractivity contribution in [1.82, 2.24) is 0 Å². The van der Waals surface area contributed by atoms with Gasteiger partial charge in [0.2, 0.25) is 5.91 Å². The van der Waals surface area contributed by atoms with Crippen LogP contribution in [0.25, 0.3) is 0 Å². The molecule has 0 saturated carbocycles. The van der Waals surface area contributed by atoms with E-state index in [0.717, 1.165) is 12.1 Å². The highest BCUT2D eigenvalue weighted by atomic mass is 32.2. The Balaban J connectivity index is 1.99. The van der Waals surface area contributed by atoms with E-state index >= 15 is 0 Å². The van der Waals surface area contributed by atoms with Gasteiger partial charge in [-0.25, -0.2) is 8.42 Å². The van der Waals surface area contributed by atoms with Gasteiger partial charge in [0.05, 0.1) is 28.4 Å². The molecule has 0 unspecified atom stereocenters. The van der Waals surface area contributed by atoms with Gasteiger partial charge < -0.3 is 10.1 Å². The molecule has 0 saturated heterocycles. The first-order valence-electron chi connectivity index (χ1n) is 9.89. The van der Waals surface area contributed by atoms with Crippen LogP contribution in [0.3, 0.4) is 0 Å². The number of carbonyl (C=O) groups is 1. The predicted molar refractivity (Wildman–Crippen MR) is 119 cm³/mol. The molecule has 0 aliphatic carbocycles. The number of ether oxygens (including phenoxy) is 1. The van der Waals surface area contributed by atoms with Crippen LogP contribution in [-0.2, 0) is 21.0 Å². The topological polar surface area (TPSA) is 75.7 Å². The molecule has 174 valence electrons. The van der Waals surface area contributed by atoms with Crippen LogP contribution in [-0.4, -0.2) is 27.5 Å². The third kappa shape index (κ3) is 5.83. The zero-order valence-electron chi connectivity index (χ0n) is 17.5. The summed E-state index contributed by atoms with van der Waals surface area (Å²) in [6.45, 7) is 1.35. The van der Waals surface area contributed by atoms with Crippen molar-refractivity contribution >= 4 is 27.3 Å². The number of sulfonamides is 1. The van der Waals surface area contributed by atoms with Gasteiger partial charge in [0.25, 0.3) is 10.0 Å². The number of benzene rings is 3. The van der Waals surface area contributed by atoms with Crippen molar-refractivity contribution < 1.29 is 31.1 Å². The Morgan fingerprint density at radius 1 is 0.970 bits per heavy atom. The lowest BCUT2D eigenvalue weighted by molar-refractivity contribution is -0.137. The van der Waals surface area contributed by atoms with Gasteiger partial charge in [0.15, 0.2) is 0 Å². The molecule has 3 aromatic carbocycles. The van der Waals surface area contributed by atoms with Crippen LogP contribution in [0.4, 0.5) is 24.5 Å². The lowest BCUT2D eigenvalue weighted by Crippen LogP contribution is -2.38. The van der Waals surface area contributed by atoms with Gasteiger partial charge in [-0.15, -0.1) is 0 Å². The van der Waals surface area contributed by atoms with Crippen molar-refractivity contribution in [3.63, 3.8) is 0 Å². The summed E-state index contributed by atoms with van der Waals surface area (Å²) in [5.74, 6) is -0.371. The summed E-state index contributed by atoms with van der Waals surface area (Å²) in [5, 5.41) is 2.57. The molecule has 0 bridgehead atoms. The maximum absolute atomic E-state index is 13.3. The Bertz CT molecular complexity index is 1220. The number of amides is 1. The molecule has 1 amide bonds. The van der Waals surface area contributed by atoms with Gasteiger partial charge >= 0.3 is 6.18 Å². The molecule has 0 radical (unpaired) electrons. The first-order valence-corrected chi connectivity index (χ1v) is 11.3. The van der Waals surface area contributed by atoms with Crippen LogP contribution in [0.15, 0.2) is 83.8 Å². The van der Waals surface area contributed by atoms with E-state index in [9.17, 15) is 26.4 Å². The van der Waals surface area contributed by atoms with E-state index in [1.807, 2.05) is 0 Å². The summed E-state index contributed by atoms with van der Waals surface area (Å²) in [6.07, 6.45) is -4.68. The van der Waals surface area contributed by atoms with Crippen molar-refractivity contribution in [2.45, 2.75) is 18.0 Å². The zero-order chi connectivity index (χ0) is 24.1. The summed E-state index contributed by atoms with van der Waals surface area (Å²) in [7, 11) is -4.35. The molecule has 10 heteroatoms. The van der Waals surface area contributed by atoms with E-state index in [4.69, 9.17) is 4.74 Å². The van der Waals surface area contributed by atoms with Crippen molar-refractivity contribution in [3.8, 4) is 5.75 Å². The van der Waals surface area contributed by atoms with Crippen molar-refractivity contribution in [1.29, 1.82) is 0 Å². The summed E-state index contributed by atoms with van der Waals surface area (Å²) >= 11 is 0. The van der Waals surface area contributed by atoms with Crippen molar-refractivity contribution in [2.24, 2.45) is 0 Å². The molecule has 3 rings (SSSR count). The standard InChI is InChI=1S/C23H21F3N2O4S/c1-2-32-21-14-7-6-13-20(21)27-22(29)16-28(33(30,31)19-11-4-3-5-12-19)18-10-8-9-17(15-18)23(24,25)26/h3-15H,2,16H2,1H3,(H,27,29). The number of nitrogens with zero attached hydrogens (tertiary/aromatic N) is 1. The molecule has 0 heterocycles. The highest BCUT2D eigenvalue weighted by molar-refractivity contribution is 7.92. The molecule has 0 atom stereocenters. The van der Waals surface area contributed by atoms with Gasteiger partial charge in [0.1, 0.15) is 12.3 Å². The molecule has 1 N–H and O–H groups in total. The number of para-hydroxylation sites is 2. The number of rotatable bonds is 8. The number of anilines is 2. The van der Waals surface area contributed by atoms with Gasteiger partial charge in [-0.2, -0.15) is 13.2 Å². The minimum atomic E-state index is -4.68. The first-order chi connectivity index (χ1) is 15.6. The zero-order valence-corrected chi connectivity index (χ0v) is 18.4. The number of halogens is 3. The largest absolute Gasteiger partial charge is 0.492 e. The van der Waals surface area contributed by atoms with Gasteiger partial charge in [-0.05, 0) is 49.4 Å². The molecule has 0 aromatic heterocycles. The Morgan fingerprint density at radius 3 is 2.30 bits per heavy atom.